The molecular formula is C14H17NO2S. The van der Waals surface area contributed by atoms with E-state index in [2.05, 4.69) is 13.2 Å². The summed E-state index contributed by atoms with van der Waals surface area (Å²) in [6.07, 6.45) is 1.76. The van der Waals surface area contributed by atoms with Gasteiger partial charge >= 0.3 is 0 Å². The van der Waals surface area contributed by atoms with Gasteiger partial charge in [0.05, 0.1) is 4.90 Å². The minimum atomic E-state index is -3.41. The van der Waals surface area contributed by atoms with Crippen molar-refractivity contribution in [3.8, 4) is 0 Å². The van der Waals surface area contributed by atoms with E-state index < -0.39 is 10.0 Å². The summed E-state index contributed by atoms with van der Waals surface area (Å²) >= 11 is 0. The van der Waals surface area contributed by atoms with Gasteiger partial charge in [0.25, 0.3) is 0 Å². The van der Waals surface area contributed by atoms with Crippen molar-refractivity contribution in [3.05, 3.63) is 54.6 Å². The zero-order valence-corrected chi connectivity index (χ0v) is 11.3. The van der Waals surface area contributed by atoms with Crippen LogP contribution < -0.4 is 0 Å². The van der Waals surface area contributed by atoms with Gasteiger partial charge in [0.2, 0.25) is 10.0 Å². The zero-order chi connectivity index (χ0) is 13.3. The normalized spacial score (nSPS) is 21.2. The SMILES string of the molecule is C=C[C@@H]1CN(S(=O)(=O)c2ccc(C)cc2)CC1=C. The van der Waals surface area contributed by atoms with Crippen LogP contribution in [0.3, 0.4) is 0 Å². The van der Waals surface area contributed by atoms with Crippen molar-refractivity contribution < 1.29 is 8.42 Å². The summed E-state index contributed by atoms with van der Waals surface area (Å²) in [6.45, 7) is 10.4. The Labute approximate surface area is 108 Å². The Morgan fingerprint density at radius 2 is 1.94 bits per heavy atom. The molecule has 1 saturated heterocycles. The smallest absolute Gasteiger partial charge is 0.207 e. The molecule has 3 nitrogen and oxygen atoms in total. The van der Waals surface area contributed by atoms with Gasteiger partial charge < -0.3 is 0 Å². The molecule has 0 aromatic heterocycles. The first-order valence-electron chi connectivity index (χ1n) is 5.82. The van der Waals surface area contributed by atoms with Gasteiger partial charge in [-0.25, -0.2) is 8.42 Å². The molecular weight excluding hydrogens is 246 g/mol. The van der Waals surface area contributed by atoms with Gasteiger partial charge in [-0.05, 0) is 19.1 Å². The van der Waals surface area contributed by atoms with Crippen molar-refractivity contribution in [2.75, 3.05) is 13.1 Å². The average Bonchev–Trinajstić information content (AvgIpc) is 2.72. The molecule has 0 saturated carbocycles. The van der Waals surface area contributed by atoms with E-state index in [0.29, 0.717) is 18.0 Å². The quantitative estimate of drug-likeness (QED) is 0.785. The van der Waals surface area contributed by atoms with E-state index >= 15 is 0 Å². The topological polar surface area (TPSA) is 37.4 Å². The van der Waals surface area contributed by atoms with Gasteiger partial charge in [0.15, 0.2) is 0 Å². The maximum atomic E-state index is 12.4. The van der Waals surface area contributed by atoms with Crippen LogP contribution in [0.15, 0.2) is 54.0 Å². The van der Waals surface area contributed by atoms with Crippen molar-refractivity contribution in [2.24, 2.45) is 5.92 Å². The van der Waals surface area contributed by atoms with Crippen LogP contribution in [0.25, 0.3) is 0 Å². The molecule has 0 aliphatic carbocycles. The van der Waals surface area contributed by atoms with Crippen LogP contribution in [0, 0.1) is 12.8 Å². The number of aryl methyl sites for hydroxylation is 1. The Bertz CT molecular complexity index is 572. The molecule has 1 aromatic carbocycles. The number of sulfonamides is 1. The van der Waals surface area contributed by atoms with Crippen molar-refractivity contribution in [1.82, 2.24) is 4.31 Å². The van der Waals surface area contributed by atoms with Crippen LogP contribution >= 0.6 is 0 Å². The fourth-order valence-electron chi connectivity index (χ4n) is 2.04. The van der Waals surface area contributed by atoms with Gasteiger partial charge in [-0.3, -0.25) is 0 Å². The molecule has 1 aliphatic heterocycles. The first kappa shape index (κ1) is 13.1. The molecule has 0 radical (unpaired) electrons. The average molecular weight is 263 g/mol. The highest BCUT2D eigenvalue weighted by Gasteiger charge is 2.33. The summed E-state index contributed by atoms with van der Waals surface area (Å²) in [5, 5.41) is 0. The maximum absolute atomic E-state index is 12.4. The van der Waals surface area contributed by atoms with E-state index in [9.17, 15) is 8.42 Å². The Balaban J connectivity index is 2.30. The predicted octanol–water partition coefficient (Wildman–Crippen LogP) is 2.36. The van der Waals surface area contributed by atoms with Gasteiger partial charge in [-0.1, -0.05) is 35.9 Å². The second kappa shape index (κ2) is 4.71. The Morgan fingerprint density at radius 1 is 1.33 bits per heavy atom. The standard InChI is InChI=1S/C14H17NO2S/c1-4-13-10-15(9-12(13)3)18(16,17)14-7-5-11(2)6-8-14/h4-8,13H,1,3,9-10H2,2H3/t13-/m1/s1. The highest BCUT2D eigenvalue weighted by Crippen LogP contribution is 2.27. The van der Waals surface area contributed by atoms with Gasteiger partial charge in [-0.15, -0.1) is 6.58 Å². The largest absolute Gasteiger partial charge is 0.243 e. The molecule has 1 heterocycles. The monoisotopic (exact) mass is 263 g/mol. The van der Waals surface area contributed by atoms with E-state index in [4.69, 9.17) is 0 Å². The molecule has 4 heteroatoms. The van der Waals surface area contributed by atoms with E-state index in [1.165, 1.54) is 4.31 Å². The maximum Gasteiger partial charge on any atom is 0.243 e. The van der Waals surface area contributed by atoms with Gasteiger partial charge in [0.1, 0.15) is 0 Å². The van der Waals surface area contributed by atoms with Crippen molar-refractivity contribution in [2.45, 2.75) is 11.8 Å². The second-order valence-corrected chi connectivity index (χ2v) is 6.55. The summed E-state index contributed by atoms with van der Waals surface area (Å²) in [6, 6.07) is 6.91. The molecule has 1 atom stereocenters. The summed E-state index contributed by atoms with van der Waals surface area (Å²) in [4.78, 5) is 0.339. The van der Waals surface area contributed by atoms with Crippen LogP contribution in [0.4, 0.5) is 0 Å². The van der Waals surface area contributed by atoms with Crippen LogP contribution in [0.5, 0.6) is 0 Å². The Kier molecular flexibility index (Phi) is 3.41. The van der Waals surface area contributed by atoms with E-state index in [0.717, 1.165) is 11.1 Å². The lowest BCUT2D eigenvalue weighted by atomic mass is 10.1. The molecule has 0 unspecified atom stereocenters. The number of benzene rings is 1. The van der Waals surface area contributed by atoms with Crippen molar-refractivity contribution >= 4 is 10.0 Å². The second-order valence-electron chi connectivity index (χ2n) is 4.61. The molecule has 0 bridgehead atoms. The first-order chi connectivity index (χ1) is 8.45. The third-order valence-corrected chi connectivity index (χ3v) is 5.07. The predicted molar refractivity (Wildman–Crippen MR) is 72.8 cm³/mol. The molecule has 1 aromatic rings. The van der Waals surface area contributed by atoms with Crippen molar-refractivity contribution in [1.29, 1.82) is 0 Å². The van der Waals surface area contributed by atoms with Gasteiger partial charge in [-0.2, -0.15) is 4.31 Å². The fourth-order valence-corrected chi connectivity index (χ4v) is 3.51. The van der Waals surface area contributed by atoms with Crippen LogP contribution in [-0.2, 0) is 10.0 Å². The lowest BCUT2D eigenvalue weighted by Gasteiger charge is -2.15. The van der Waals surface area contributed by atoms with Crippen LogP contribution in [0.1, 0.15) is 5.56 Å². The molecule has 96 valence electrons. The highest BCUT2D eigenvalue weighted by molar-refractivity contribution is 7.89. The summed E-state index contributed by atoms with van der Waals surface area (Å²) in [5.74, 6) is 0.0604. The summed E-state index contributed by atoms with van der Waals surface area (Å²) in [5.41, 5.74) is 1.95. The zero-order valence-electron chi connectivity index (χ0n) is 10.5. The Hall–Kier alpha value is -1.39. The van der Waals surface area contributed by atoms with Crippen molar-refractivity contribution in [3.63, 3.8) is 0 Å². The first-order valence-corrected chi connectivity index (χ1v) is 7.26. The summed E-state index contributed by atoms with van der Waals surface area (Å²) in [7, 11) is -3.41. The van der Waals surface area contributed by atoms with E-state index in [-0.39, 0.29) is 5.92 Å². The molecule has 1 aliphatic rings. The van der Waals surface area contributed by atoms with Crippen LogP contribution in [-0.4, -0.2) is 25.8 Å². The number of hydrogen-bond donors (Lipinski definition) is 0. The molecule has 18 heavy (non-hydrogen) atoms. The third kappa shape index (κ3) is 2.26. The molecule has 0 N–H and O–H groups in total. The Morgan fingerprint density at radius 3 is 2.44 bits per heavy atom. The fraction of sp³-hybridized carbons (Fsp3) is 0.286. The third-order valence-electron chi connectivity index (χ3n) is 3.25. The summed E-state index contributed by atoms with van der Waals surface area (Å²) < 4.78 is 26.3. The number of hydrogen-bond acceptors (Lipinski definition) is 2. The minimum Gasteiger partial charge on any atom is -0.207 e. The lowest BCUT2D eigenvalue weighted by Crippen LogP contribution is -2.28. The van der Waals surface area contributed by atoms with Crippen LogP contribution in [0.2, 0.25) is 0 Å². The number of nitrogens with zero attached hydrogens (tertiary/aromatic N) is 1. The molecule has 1 fully saturated rings. The molecule has 0 amide bonds. The van der Waals surface area contributed by atoms with E-state index in [1.54, 1.807) is 18.2 Å². The molecule has 0 spiro atoms. The number of rotatable bonds is 3. The lowest BCUT2D eigenvalue weighted by molar-refractivity contribution is 0.471. The van der Waals surface area contributed by atoms with Gasteiger partial charge in [0, 0.05) is 19.0 Å². The van der Waals surface area contributed by atoms with E-state index in [1.807, 2.05) is 19.1 Å². The molecule has 2 rings (SSSR count). The minimum absolute atomic E-state index is 0.0604. The highest BCUT2D eigenvalue weighted by atomic mass is 32.2.